The Labute approximate surface area is 373 Å². The Balaban J connectivity index is 2.51. The van der Waals surface area contributed by atoms with Crippen LogP contribution in [0.4, 0.5) is 0 Å². The molecule has 62 heavy (non-hydrogen) atoms. The van der Waals surface area contributed by atoms with Gasteiger partial charge in [-0.25, -0.2) is 0 Å². The predicted molar refractivity (Wildman–Crippen MR) is 247 cm³/mol. The smallest absolute Gasteiger partial charge is 0.306 e. The van der Waals surface area contributed by atoms with Gasteiger partial charge in [0.15, 0.2) is 12.4 Å². The minimum Gasteiger partial charge on any atom is -0.462 e. The van der Waals surface area contributed by atoms with Crippen LogP contribution in [0.2, 0.25) is 0 Å². The molecule has 1 aliphatic rings. The Hall–Kier alpha value is -3.17. The molecule has 0 aromatic carbocycles. The lowest BCUT2D eigenvalue weighted by atomic mass is 10.00. The van der Waals surface area contributed by atoms with Gasteiger partial charge < -0.3 is 34.3 Å². The molecule has 0 spiro atoms. The number of esters is 2. The van der Waals surface area contributed by atoms with Crippen molar-refractivity contribution in [2.24, 2.45) is 0 Å². The molecule has 1 aliphatic heterocycles. The average Bonchev–Trinajstić information content (AvgIpc) is 3.24. The molecule has 1 saturated heterocycles. The number of rotatable bonds is 37. The maximum atomic E-state index is 12.8. The Bertz CT molecular complexity index is 1460. The van der Waals surface area contributed by atoms with E-state index in [2.05, 4.69) is 92.8 Å². The molecule has 0 amide bonds. The highest BCUT2D eigenvalue weighted by atomic mass is 32.2. The van der Waals surface area contributed by atoms with E-state index in [1.165, 1.54) is 44.9 Å². The highest BCUT2D eigenvalue weighted by Gasteiger charge is 2.46. The average molecular weight is 893 g/mol. The van der Waals surface area contributed by atoms with Gasteiger partial charge in [-0.2, -0.15) is 8.42 Å². The van der Waals surface area contributed by atoms with Crippen molar-refractivity contribution in [1.82, 2.24) is 0 Å². The second kappa shape index (κ2) is 38.3. The van der Waals surface area contributed by atoms with E-state index in [9.17, 15) is 37.9 Å². The zero-order valence-electron chi connectivity index (χ0n) is 37.7. The van der Waals surface area contributed by atoms with Crippen molar-refractivity contribution in [3.63, 3.8) is 0 Å². The van der Waals surface area contributed by atoms with Gasteiger partial charge in [-0.3, -0.25) is 14.1 Å². The van der Waals surface area contributed by atoms with Crippen LogP contribution >= 0.6 is 0 Å². The van der Waals surface area contributed by atoms with Gasteiger partial charge in [0.2, 0.25) is 0 Å². The second-order valence-electron chi connectivity index (χ2n) is 15.7. The standard InChI is InChI=1S/C49H80O12S/c1-3-5-7-9-11-13-15-17-19-21-23-25-27-29-31-33-35-37-44(50)58-39-42(40-59-49-48(54)47(53)46(52)43(61-49)41-62(55,56)57)60-45(51)38-36-34-32-30-28-26-24-22-20-18-16-14-12-10-8-6-4-2/h8,10,14,16-17,19-20,22-23,25-26,28-29,31,42-43,46-49,52-54H,3-7,9,11-13,15,18,21,24,27,30,32-41H2,1-2H3,(H,55,56,57)/b10-8+,16-14+,19-17+,22-20+,25-23+,28-26+,31-29+/t42-,43-,46-,47?,48?,49+/m1/s1. The molecule has 12 nitrogen and oxygen atoms in total. The van der Waals surface area contributed by atoms with Crippen LogP contribution in [0.25, 0.3) is 0 Å². The molecular weight excluding hydrogens is 813 g/mol. The van der Waals surface area contributed by atoms with Crippen molar-refractivity contribution in [2.45, 2.75) is 192 Å². The fourth-order valence-corrected chi connectivity index (χ4v) is 7.02. The summed E-state index contributed by atoms with van der Waals surface area (Å²) in [6, 6.07) is 0. The molecule has 354 valence electrons. The normalized spacial score (nSPS) is 20.6. The number of ether oxygens (including phenoxy) is 4. The van der Waals surface area contributed by atoms with Gasteiger partial charge in [0.1, 0.15) is 36.8 Å². The lowest BCUT2D eigenvalue weighted by Crippen LogP contribution is -2.60. The molecule has 0 aliphatic carbocycles. The van der Waals surface area contributed by atoms with E-state index in [-0.39, 0.29) is 19.4 Å². The van der Waals surface area contributed by atoms with Gasteiger partial charge in [0, 0.05) is 12.8 Å². The highest BCUT2D eigenvalue weighted by molar-refractivity contribution is 7.85. The first kappa shape index (κ1) is 56.8. The van der Waals surface area contributed by atoms with Crippen molar-refractivity contribution in [1.29, 1.82) is 0 Å². The van der Waals surface area contributed by atoms with Crippen molar-refractivity contribution in [2.75, 3.05) is 19.0 Å². The fraction of sp³-hybridized carbons (Fsp3) is 0.673. The third-order valence-corrected chi connectivity index (χ3v) is 10.7. The topological polar surface area (TPSA) is 186 Å². The number of hydrogen-bond donors (Lipinski definition) is 4. The zero-order valence-corrected chi connectivity index (χ0v) is 38.5. The Morgan fingerprint density at radius 1 is 0.548 bits per heavy atom. The summed E-state index contributed by atoms with van der Waals surface area (Å²) < 4.78 is 54.0. The predicted octanol–water partition coefficient (Wildman–Crippen LogP) is 9.67. The molecule has 13 heteroatoms. The lowest BCUT2D eigenvalue weighted by molar-refractivity contribution is -0.297. The minimum absolute atomic E-state index is 0.111. The van der Waals surface area contributed by atoms with Crippen molar-refractivity contribution >= 4 is 22.1 Å². The monoisotopic (exact) mass is 893 g/mol. The van der Waals surface area contributed by atoms with Crippen LogP contribution in [0, 0.1) is 0 Å². The largest absolute Gasteiger partial charge is 0.462 e. The molecule has 0 saturated carbocycles. The molecule has 0 radical (unpaired) electrons. The number of allylic oxidation sites excluding steroid dienone is 14. The van der Waals surface area contributed by atoms with Crippen LogP contribution in [0.5, 0.6) is 0 Å². The SMILES string of the molecule is CCC/C=C/C/C=C/C/C=C/C/C=C/CCCCCC(=O)O[C@H](COC(=O)CCC/C=C/C/C=C/C/C=C/CCCCCCCC)CO[C@H]1O[C@H](CS(=O)(=O)O)[C@@H](O)C(O)C1O. The van der Waals surface area contributed by atoms with Crippen LogP contribution in [0.1, 0.15) is 155 Å². The molecule has 0 aromatic rings. The van der Waals surface area contributed by atoms with Gasteiger partial charge >= 0.3 is 11.9 Å². The molecule has 2 unspecified atom stereocenters. The first-order valence-electron chi connectivity index (χ1n) is 23.1. The Morgan fingerprint density at radius 2 is 1.02 bits per heavy atom. The van der Waals surface area contributed by atoms with E-state index in [4.69, 9.17) is 18.9 Å². The molecule has 0 bridgehead atoms. The Morgan fingerprint density at radius 3 is 1.55 bits per heavy atom. The minimum atomic E-state index is -4.62. The van der Waals surface area contributed by atoms with E-state index in [1.807, 2.05) is 6.08 Å². The van der Waals surface area contributed by atoms with Gasteiger partial charge in [0.25, 0.3) is 10.1 Å². The fourth-order valence-electron chi connectivity index (χ4n) is 6.33. The van der Waals surface area contributed by atoms with Crippen LogP contribution < -0.4 is 0 Å². The third-order valence-electron chi connectivity index (χ3n) is 9.93. The number of aliphatic hydroxyl groups excluding tert-OH is 3. The quantitative estimate of drug-likeness (QED) is 0.0201. The number of hydrogen-bond acceptors (Lipinski definition) is 11. The summed E-state index contributed by atoms with van der Waals surface area (Å²) in [5, 5.41) is 30.9. The number of carbonyl (C=O) groups excluding carboxylic acids is 2. The number of aliphatic hydroxyl groups is 3. The van der Waals surface area contributed by atoms with Gasteiger partial charge in [-0.05, 0) is 83.5 Å². The van der Waals surface area contributed by atoms with E-state index >= 15 is 0 Å². The summed E-state index contributed by atoms with van der Waals surface area (Å²) in [6.45, 7) is 3.60. The maximum Gasteiger partial charge on any atom is 0.306 e. The molecule has 0 aromatic heterocycles. The summed E-state index contributed by atoms with van der Waals surface area (Å²) in [7, 11) is -4.62. The summed E-state index contributed by atoms with van der Waals surface area (Å²) in [5.41, 5.74) is 0. The van der Waals surface area contributed by atoms with E-state index < -0.39 is 71.2 Å². The second-order valence-corrected chi connectivity index (χ2v) is 17.2. The van der Waals surface area contributed by atoms with E-state index in [1.54, 1.807) is 0 Å². The van der Waals surface area contributed by atoms with Crippen molar-refractivity contribution < 1.29 is 56.8 Å². The van der Waals surface area contributed by atoms with Gasteiger partial charge in [0.05, 0.1) is 6.61 Å². The van der Waals surface area contributed by atoms with Crippen LogP contribution in [-0.2, 0) is 38.7 Å². The molecule has 1 rings (SSSR count). The van der Waals surface area contributed by atoms with Crippen LogP contribution in [-0.4, -0.2) is 96.0 Å². The van der Waals surface area contributed by atoms with E-state index in [0.717, 1.165) is 64.2 Å². The number of unbranched alkanes of at least 4 members (excludes halogenated alkanes) is 11. The summed E-state index contributed by atoms with van der Waals surface area (Å²) in [5.74, 6) is -2.10. The summed E-state index contributed by atoms with van der Waals surface area (Å²) >= 11 is 0. The summed E-state index contributed by atoms with van der Waals surface area (Å²) in [6.07, 6.45) is 40.6. The van der Waals surface area contributed by atoms with Gasteiger partial charge in [-0.1, -0.05) is 144 Å². The molecule has 1 fully saturated rings. The molecular formula is C49H80O12S. The molecule has 1 heterocycles. The van der Waals surface area contributed by atoms with Crippen LogP contribution in [0.15, 0.2) is 85.1 Å². The van der Waals surface area contributed by atoms with Crippen LogP contribution in [0.3, 0.4) is 0 Å². The maximum absolute atomic E-state index is 12.8. The zero-order chi connectivity index (χ0) is 45.5. The lowest BCUT2D eigenvalue weighted by Gasteiger charge is -2.40. The first-order valence-corrected chi connectivity index (χ1v) is 24.8. The highest BCUT2D eigenvalue weighted by Crippen LogP contribution is 2.24. The Kier molecular flexibility index (Phi) is 35.1. The molecule has 4 N–H and O–H groups in total. The third kappa shape index (κ3) is 32.5. The van der Waals surface area contributed by atoms with Gasteiger partial charge in [-0.15, -0.1) is 0 Å². The summed E-state index contributed by atoms with van der Waals surface area (Å²) in [4.78, 5) is 25.4. The van der Waals surface area contributed by atoms with Crippen molar-refractivity contribution in [3.05, 3.63) is 85.1 Å². The van der Waals surface area contributed by atoms with E-state index in [0.29, 0.717) is 19.3 Å². The molecule has 6 atom stereocenters. The number of carbonyl (C=O) groups is 2. The first-order chi connectivity index (χ1) is 30.0. The van der Waals surface area contributed by atoms with Crippen molar-refractivity contribution in [3.8, 4) is 0 Å².